The van der Waals surface area contributed by atoms with Gasteiger partial charge in [0.2, 0.25) is 10.0 Å². The molecule has 8 heteroatoms. The molecule has 0 radical (unpaired) electrons. The number of ether oxygens (including phenoxy) is 1. The molecule has 184 valence electrons. The molecule has 3 aliphatic heterocycles. The average molecular weight is 478 g/mol. The standard InChI is InChI=1S/C25H39N3O4S/c1-19-8-14-28(15-9-19)33(30,31)24-6-4-23(5-7-24)25(29)27-12-10-22(11-13-27)18-26-16-20(2)32-21(3)17-26/h4-7,19-22H,8-18H2,1-3H3. The Bertz CT molecular complexity index is 894. The van der Waals surface area contributed by atoms with Crippen molar-refractivity contribution >= 4 is 15.9 Å². The Morgan fingerprint density at radius 3 is 2.06 bits per heavy atom. The van der Waals surface area contributed by atoms with Gasteiger partial charge in [-0.05, 0) is 75.6 Å². The molecule has 1 amide bonds. The number of hydrogen-bond donors (Lipinski definition) is 0. The van der Waals surface area contributed by atoms with Crippen molar-refractivity contribution in [2.45, 2.75) is 63.6 Å². The van der Waals surface area contributed by atoms with Gasteiger partial charge in [0.1, 0.15) is 0 Å². The highest BCUT2D eigenvalue weighted by Gasteiger charge is 2.30. The van der Waals surface area contributed by atoms with Crippen LogP contribution in [0.3, 0.4) is 0 Å². The summed E-state index contributed by atoms with van der Waals surface area (Å²) in [7, 11) is -3.49. The molecular formula is C25H39N3O4S. The summed E-state index contributed by atoms with van der Waals surface area (Å²) in [5.74, 6) is 1.17. The second-order valence-corrected chi connectivity index (χ2v) is 12.3. The Labute approximate surface area is 199 Å². The van der Waals surface area contributed by atoms with E-state index in [-0.39, 0.29) is 23.0 Å². The highest BCUT2D eigenvalue weighted by Crippen LogP contribution is 2.25. The maximum atomic E-state index is 13.0. The third-order valence-corrected chi connectivity index (χ3v) is 9.31. The molecular weight excluding hydrogens is 438 g/mol. The quantitative estimate of drug-likeness (QED) is 0.652. The molecule has 3 heterocycles. The molecule has 3 aliphatic rings. The second kappa shape index (κ2) is 10.4. The molecule has 0 aliphatic carbocycles. The number of amides is 1. The predicted octanol–water partition coefficient (Wildman–Crippen LogP) is 3.07. The lowest BCUT2D eigenvalue weighted by atomic mass is 9.95. The first-order valence-electron chi connectivity index (χ1n) is 12.5. The normalized spacial score (nSPS) is 27.1. The van der Waals surface area contributed by atoms with Crippen molar-refractivity contribution < 1.29 is 17.9 Å². The van der Waals surface area contributed by atoms with E-state index in [0.717, 1.165) is 58.4 Å². The zero-order valence-corrected chi connectivity index (χ0v) is 21.1. The lowest BCUT2D eigenvalue weighted by molar-refractivity contribution is -0.0728. The first-order valence-corrected chi connectivity index (χ1v) is 13.9. The van der Waals surface area contributed by atoms with Crippen LogP contribution in [0.25, 0.3) is 0 Å². The van der Waals surface area contributed by atoms with Crippen molar-refractivity contribution in [2.24, 2.45) is 11.8 Å². The number of benzene rings is 1. The van der Waals surface area contributed by atoms with Crippen molar-refractivity contribution in [3.63, 3.8) is 0 Å². The molecule has 2 atom stereocenters. The fraction of sp³-hybridized carbons (Fsp3) is 0.720. The number of carbonyl (C=O) groups is 1. The van der Waals surface area contributed by atoms with E-state index in [1.54, 1.807) is 28.6 Å². The van der Waals surface area contributed by atoms with Gasteiger partial charge >= 0.3 is 0 Å². The van der Waals surface area contributed by atoms with Gasteiger partial charge < -0.3 is 9.64 Å². The Balaban J connectivity index is 1.30. The highest BCUT2D eigenvalue weighted by molar-refractivity contribution is 7.89. The smallest absolute Gasteiger partial charge is 0.253 e. The van der Waals surface area contributed by atoms with Gasteiger partial charge in [0.25, 0.3) is 5.91 Å². The topological polar surface area (TPSA) is 70.2 Å². The van der Waals surface area contributed by atoms with Crippen molar-refractivity contribution in [1.82, 2.24) is 14.1 Å². The van der Waals surface area contributed by atoms with Crippen LogP contribution in [0.5, 0.6) is 0 Å². The number of rotatable bonds is 5. The van der Waals surface area contributed by atoms with Gasteiger partial charge in [-0.2, -0.15) is 4.31 Å². The Morgan fingerprint density at radius 1 is 0.909 bits per heavy atom. The number of sulfonamides is 1. The summed E-state index contributed by atoms with van der Waals surface area (Å²) in [6.45, 7) is 12.1. The Morgan fingerprint density at radius 2 is 1.48 bits per heavy atom. The van der Waals surface area contributed by atoms with E-state index in [2.05, 4.69) is 25.7 Å². The summed E-state index contributed by atoms with van der Waals surface area (Å²) < 4.78 is 33.3. The second-order valence-electron chi connectivity index (χ2n) is 10.3. The van der Waals surface area contributed by atoms with Gasteiger partial charge in [0, 0.05) is 51.4 Å². The molecule has 0 bridgehead atoms. The van der Waals surface area contributed by atoms with E-state index < -0.39 is 10.0 Å². The third kappa shape index (κ3) is 5.96. The summed E-state index contributed by atoms with van der Waals surface area (Å²) in [5, 5.41) is 0. The molecule has 0 saturated carbocycles. The molecule has 0 N–H and O–H groups in total. The summed E-state index contributed by atoms with van der Waals surface area (Å²) in [4.78, 5) is 17.7. The number of nitrogens with zero attached hydrogens (tertiary/aromatic N) is 3. The molecule has 3 fully saturated rings. The number of piperidine rings is 2. The van der Waals surface area contributed by atoms with Crippen LogP contribution in [0, 0.1) is 11.8 Å². The van der Waals surface area contributed by atoms with E-state index in [9.17, 15) is 13.2 Å². The van der Waals surface area contributed by atoms with Gasteiger partial charge in [0.05, 0.1) is 17.1 Å². The monoisotopic (exact) mass is 477 g/mol. The van der Waals surface area contributed by atoms with Gasteiger partial charge in [0.15, 0.2) is 0 Å². The van der Waals surface area contributed by atoms with Crippen LogP contribution in [0.1, 0.15) is 56.8 Å². The van der Waals surface area contributed by atoms with Crippen LogP contribution in [0.4, 0.5) is 0 Å². The SMILES string of the molecule is CC1CCN(S(=O)(=O)c2ccc(C(=O)N3CCC(CN4CC(C)OC(C)C4)CC3)cc2)CC1. The molecule has 33 heavy (non-hydrogen) atoms. The summed E-state index contributed by atoms with van der Waals surface area (Å²) in [6, 6.07) is 6.52. The minimum Gasteiger partial charge on any atom is -0.373 e. The highest BCUT2D eigenvalue weighted by atomic mass is 32.2. The Kier molecular flexibility index (Phi) is 7.78. The van der Waals surface area contributed by atoms with Crippen molar-refractivity contribution in [3.8, 4) is 0 Å². The number of morpholine rings is 1. The maximum Gasteiger partial charge on any atom is 0.253 e. The van der Waals surface area contributed by atoms with Crippen LogP contribution in [-0.4, -0.2) is 86.5 Å². The zero-order chi connectivity index (χ0) is 23.6. The molecule has 1 aromatic carbocycles. The van der Waals surface area contributed by atoms with Crippen LogP contribution >= 0.6 is 0 Å². The molecule has 7 nitrogen and oxygen atoms in total. The van der Waals surface area contributed by atoms with E-state index in [1.165, 1.54) is 0 Å². The molecule has 3 saturated heterocycles. The first kappa shape index (κ1) is 24.6. The maximum absolute atomic E-state index is 13.0. The molecule has 2 unspecified atom stereocenters. The van der Waals surface area contributed by atoms with E-state index in [4.69, 9.17) is 4.74 Å². The molecule has 4 rings (SSSR count). The van der Waals surface area contributed by atoms with E-state index in [0.29, 0.717) is 30.5 Å². The molecule has 1 aromatic rings. The van der Waals surface area contributed by atoms with Crippen molar-refractivity contribution in [2.75, 3.05) is 45.8 Å². The largest absolute Gasteiger partial charge is 0.373 e. The van der Waals surface area contributed by atoms with Crippen LogP contribution < -0.4 is 0 Å². The Hall–Kier alpha value is -1.48. The molecule has 0 spiro atoms. The number of carbonyl (C=O) groups excluding carboxylic acids is 1. The fourth-order valence-electron chi connectivity index (χ4n) is 5.44. The van der Waals surface area contributed by atoms with Gasteiger partial charge in [-0.25, -0.2) is 8.42 Å². The van der Waals surface area contributed by atoms with Crippen molar-refractivity contribution in [3.05, 3.63) is 29.8 Å². The number of hydrogen-bond acceptors (Lipinski definition) is 5. The van der Waals surface area contributed by atoms with Crippen molar-refractivity contribution in [1.29, 1.82) is 0 Å². The number of likely N-dealkylation sites (tertiary alicyclic amines) is 1. The minimum absolute atomic E-state index is 0.00203. The zero-order valence-electron chi connectivity index (χ0n) is 20.3. The van der Waals surface area contributed by atoms with Gasteiger partial charge in [-0.1, -0.05) is 6.92 Å². The molecule has 0 aromatic heterocycles. The predicted molar refractivity (Wildman–Crippen MR) is 129 cm³/mol. The third-order valence-electron chi connectivity index (χ3n) is 7.40. The van der Waals surface area contributed by atoms with Crippen LogP contribution in [-0.2, 0) is 14.8 Å². The minimum atomic E-state index is -3.49. The summed E-state index contributed by atoms with van der Waals surface area (Å²) in [5.41, 5.74) is 0.565. The average Bonchev–Trinajstić information content (AvgIpc) is 2.79. The van der Waals surface area contributed by atoms with Gasteiger partial charge in [-0.3, -0.25) is 9.69 Å². The lowest BCUT2D eigenvalue weighted by Crippen LogP contribution is -2.48. The van der Waals surface area contributed by atoms with Gasteiger partial charge in [-0.15, -0.1) is 0 Å². The summed E-state index contributed by atoms with van der Waals surface area (Å²) in [6.07, 6.45) is 4.36. The fourth-order valence-corrected chi connectivity index (χ4v) is 6.91. The summed E-state index contributed by atoms with van der Waals surface area (Å²) >= 11 is 0. The van der Waals surface area contributed by atoms with Crippen LogP contribution in [0.2, 0.25) is 0 Å². The first-order chi connectivity index (χ1) is 15.7. The van der Waals surface area contributed by atoms with Crippen LogP contribution in [0.15, 0.2) is 29.2 Å². The lowest BCUT2D eigenvalue weighted by Gasteiger charge is -2.39. The van der Waals surface area contributed by atoms with E-state index in [1.807, 2.05) is 4.90 Å². The van der Waals surface area contributed by atoms with E-state index >= 15 is 0 Å².